The summed E-state index contributed by atoms with van der Waals surface area (Å²) in [6, 6.07) is 7.93. The first-order valence-electron chi connectivity index (χ1n) is 11.3. The SMILES string of the molecule is COC1CC2C(=O)N(C3CCCCC3)C(=O)N(Cc3ccccc3C)C2CC1OC. The lowest BCUT2D eigenvalue weighted by Crippen LogP contribution is -2.67. The first-order chi connectivity index (χ1) is 14.5. The van der Waals surface area contributed by atoms with E-state index in [-0.39, 0.29) is 42.1 Å². The molecular weight excluding hydrogens is 380 g/mol. The molecule has 6 nitrogen and oxygen atoms in total. The van der Waals surface area contributed by atoms with E-state index >= 15 is 0 Å². The number of ether oxygens (including phenoxy) is 2. The number of aryl methyl sites for hydroxylation is 1. The molecule has 164 valence electrons. The number of amides is 3. The van der Waals surface area contributed by atoms with Crippen molar-refractivity contribution in [2.45, 2.75) is 82.7 Å². The standard InChI is InChI=1S/C24H34N2O4/c1-16-9-7-8-10-17(16)15-25-20-14-22(30-3)21(29-2)13-19(20)23(27)26(24(25)28)18-11-5-4-6-12-18/h7-10,18-22H,4-6,11-15H2,1-3H3. The second-order valence-electron chi connectivity index (χ2n) is 9.03. The molecule has 2 saturated carbocycles. The van der Waals surface area contributed by atoms with Gasteiger partial charge in [0.15, 0.2) is 0 Å². The summed E-state index contributed by atoms with van der Waals surface area (Å²) in [5, 5.41) is 0. The van der Waals surface area contributed by atoms with Gasteiger partial charge in [-0.3, -0.25) is 9.69 Å². The Hall–Kier alpha value is -1.92. The van der Waals surface area contributed by atoms with E-state index in [0.717, 1.165) is 36.8 Å². The minimum Gasteiger partial charge on any atom is -0.379 e. The van der Waals surface area contributed by atoms with Gasteiger partial charge in [0, 0.05) is 32.8 Å². The Kier molecular flexibility index (Phi) is 6.44. The largest absolute Gasteiger partial charge is 0.379 e. The van der Waals surface area contributed by atoms with Crippen LogP contribution in [0.25, 0.3) is 0 Å². The normalized spacial score (nSPS) is 30.5. The van der Waals surface area contributed by atoms with Crippen molar-refractivity contribution >= 4 is 11.9 Å². The zero-order valence-corrected chi connectivity index (χ0v) is 18.4. The summed E-state index contributed by atoms with van der Waals surface area (Å²) < 4.78 is 11.4. The summed E-state index contributed by atoms with van der Waals surface area (Å²) in [6.07, 6.45) is 6.18. The van der Waals surface area contributed by atoms with Crippen molar-refractivity contribution in [3.8, 4) is 0 Å². The van der Waals surface area contributed by atoms with E-state index in [1.807, 2.05) is 17.0 Å². The van der Waals surface area contributed by atoms with Gasteiger partial charge in [0.1, 0.15) is 0 Å². The molecule has 3 aliphatic rings. The molecule has 6 heteroatoms. The Labute approximate surface area is 179 Å². The Morgan fingerprint density at radius 1 is 0.967 bits per heavy atom. The van der Waals surface area contributed by atoms with E-state index in [1.54, 1.807) is 19.1 Å². The minimum absolute atomic E-state index is 0.00506. The summed E-state index contributed by atoms with van der Waals surface area (Å²) in [4.78, 5) is 30.8. The van der Waals surface area contributed by atoms with E-state index in [4.69, 9.17) is 9.47 Å². The van der Waals surface area contributed by atoms with Gasteiger partial charge in [-0.25, -0.2) is 4.79 Å². The van der Waals surface area contributed by atoms with Gasteiger partial charge in [-0.15, -0.1) is 0 Å². The minimum atomic E-state index is -0.231. The van der Waals surface area contributed by atoms with Gasteiger partial charge < -0.3 is 14.4 Å². The molecule has 3 amide bonds. The number of rotatable bonds is 5. The third kappa shape index (κ3) is 3.87. The lowest BCUT2D eigenvalue weighted by atomic mass is 9.77. The third-order valence-electron chi connectivity index (χ3n) is 7.39. The number of fused-ring (bicyclic) bond motifs is 1. The van der Waals surface area contributed by atoms with Crippen LogP contribution in [0.1, 0.15) is 56.1 Å². The van der Waals surface area contributed by atoms with Crippen LogP contribution in [0.4, 0.5) is 4.79 Å². The van der Waals surface area contributed by atoms with Gasteiger partial charge in [0.05, 0.1) is 18.1 Å². The molecule has 0 N–H and O–H groups in total. The van der Waals surface area contributed by atoms with Gasteiger partial charge in [0.2, 0.25) is 5.91 Å². The van der Waals surface area contributed by atoms with Gasteiger partial charge in [-0.1, -0.05) is 43.5 Å². The molecule has 0 aromatic heterocycles. The quantitative estimate of drug-likeness (QED) is 0.733. The predicted molar refractivity (Wildman–Crippen MR) is 114 cm³/mol. The van der Waals surface area contributed by atoms with Crippen LogP contribution in [0.2, 0.25) is 0 Å². The molecule has 0 spiro atoms. The number of hydrogen-bond acceptors (Lipinski definition) is 4. The summed E-state index contributed by atoms with van der Waals surface area (Å²) in [5.74, 6) is -0.237. The smallest absolute Gasteiger partial charge is 0.327 e. The topological polar surface area (TPSA) is 59.1 Å². The van der Waals surface area contributed by atoms with Crippen LogP contribution in [0.15, 0.2) is 24.3 Å². The highest BCUT2D eigenvalue weighted by atomic mass is 16.5. The van der Waals surface area contributed by atoms with E-state index in [2.05, 4.69) is 19.1 Å². The Morgan fingerprint density at radius 2 is 1.63 bits per heavy atom. The molecule has 1 heterocycles. The molecule has 1 saturated heterocycles. The maximum atomic E-state index is 13.7. The molecule has 4 unspecified atom stereocenters. The molecule has 2 aliphatic carbocycles. The number of hydrogen-bond donors (Lipinski definition) is 0. The van der Waals surface area contributed by atoms with Crippen molar-refractivity contribution in [1.82, 2.24) is 9.80 Å². The van der Waals surface area contributed by atoms with Crippen LogP contribution >= 0.6 is 0 Å². The van der Waals surface area contributed by atoms with E-state index in [0.29, 0.717) is 19.4 Å². The Bertz CT molecular complexity index is 776. The molecule has 1 aromatic carbocycles. The van der Waals surface area contributed by atoms with Gasteiger partial charge in [-0.05, 0) is 43.7 Å². The average molecular weight is 415 g/mol. The van der Waals surface area contributed by atoms with Crippen LogP contribution in [0.3, 0.4) is 0 Å². The molecule has 0 bridgehead atoms. The summed E-state index contributed by atoms with van der Waals surface area (Å²) in [7, 11) is 3.36. The zero-order valence-electron chi connectivity index (χ0n) is 18.4. The maximum absolute atomic E-state index is 13.7. The monoisotopic (exact) mass is 414 g/mol. The highest BCUT2D eigenvalue weighted by Crippen LogP contribution is 2.39. The molecule has 30 heavy (non-hydrogen) atoms. The lowest BCUT2D eigenvalue weighted by molar-refractivity contribution is -0.154. The Balaban J connectivity index is 1.68. The van der Waals surface area contributed by atoms with E-state index in [1.165, 1.54) is 6.42 Å². The van der Waals surface area contributed by atoms with Gasteiger partial charge in [0.25, 0.3) is 0 Å². The van der Waals surface area contributed by atoms with Crippen LogP contribution < -0.4 is 0 Å². The van der Waals surface area contributed by atoms with Crippen LogP contribution in [0.5, 0.6) is 0 Å². The molecule has 3 fully saturated rings. The second kappa shape index (κ2) is 9.06. The fourth-order valence-corrected chi connectivity index (χ4v) is 5.60. The van der Waals surface area contributed by atoms with Gasteiger partial charge in [-0.2, -0.15) is 0 Å². The average Bonchev–Trinajstić information content (AvgIpc) is 2.77. The predicted octanol–water partition coefficient (Wildman–Crippen LogP) is 3.90. The Morgan fingerprint density at radius 3 is 2.30 bits per heavy atom. The van der Waals surface area contributed by atoms with Crippen LogP contribution in [-0.2, 0) is 20.8 Å². The van der Waals surface area contributed by atoms with Crippen molar-refractivity contribution in [2.24, 2.45) is 5.92 Å². The van der Waals surface area contributed by atoms with Crippen LogP contribution in [-0.4, -0.2) is 60.2 Å². The summed E-state index contributed by atoms with van der Waals surface area (Å²) >= 11 is 0. The second-order valence-corrected chi connectivity index (χ2v) is 9.03. The molecular formula is C24H34N2O4. The van der Waals surface area contributed by atoms with Crippen molar-refractivity contribution in [2.75, 3.05) is 14.2 Å². The number of nitrogens with zero attached hydrogens (tertiary/aromatic N) is 2. The van der Waals surface area contributed by atoms with Crippen molar-refractivity contribution in [1.29, 1.82) is 0 Å². The third-order valence-corrected chi connectivity index (χ3v) is 7.39. The highest BCUT2D eigenvalue weighted by molar-refractivity contribution is 5.99. The fraction of sp³-hybridized carbons (Fsp3) is 0.667. The number of carbonyl (C=O) groups is 2. The van der Waals surface area contributed by atoms with Crippen molar-refractivity contribution in [3.63, 3.8) is 0 Å². The number of benzene rings is 1. The zero-order chi connectivity index (χ0) is 21.3. The van der Waals surface area contributed by atoms with Crippen molar-refractivity contribution in [3.05, 3.63) is 35.4 Å². The first kappa shape index (κ1) is 21.3. The highest BCUT2D eigenvalue weighted by Gasteiger charge is 2.53. The molecule has 4 rings (SSSR count). The molecule has 0 radical (unpaired) electrons. The number of imide groups is 1. The number of urea groups is 1. The first-order valence-corrected chi connectivity index (χ1v) is 11.3. The number of methoxy groups -OCH3 is 2. The molecule has 4 atom stereocenters. The lowest BCUT2D eigenvalue weighted by Gasteiger charge is -2.51. The molecule has 1 aromatic rings. The molecule has 1 aliphatic heterocycles. The number of carbonyl (C=O) groups excluding carboxylic acids is 2. The fourth-order valence-electron chi connectivity index (χ4n) is 5.60. The van der Waals surface area contributed by atoms with Crippen LogP contribution in [0, 0.1) is 12.8 Å². The van der Waals surface area contributed by atoms with Gasteiger partial charge >= 0.3 is 6.03 Å². The summed E-state index contributed by atoms with van der Waals surface area (Å²) in [6.45, 7) is 2.60. The van der Waals surface area contributed by atoms with Crippen molar-refractivity contribution < 1.29 is 19.1 Å². The summed E-state index contributed by atoms with van der Waals surface area (Å²) in [5.41, 5.74) is 2.29. The van der Waals surface area contributed by atoms with E-state index in [9.17, 15) is 9.59 Å². The maximum Gasteiger partial charge on any atom is 0.327 e. The van der Waals surface area contributed by atoms with E-state index < -0.39 is 0 Å².